The van der Waals surface area contributed by atoms with Crippen LogP contribution < -0.4 is 4.90 Å². The molecule has 9 heteroatoms. The van der Waals surface area contributed by atoms with Crippen molar-refractivity contribution in [2.75, 3.05) is 25.0 Å². The van der Waals surface area contributed by atoms with Crippen molar-refractivity contribution in [2.45, 2.75) is 32.9 Å². The number of carbonyl (C=O) groups excluding carboxylic acids is 3. The summed E-state index contributed by atoms with van der Waals surface area (Å²) in [4.78, 5) is 50.2. The van der Waals surface area contributed by atoms with E-state index in [0.717, 1.165) is 40.7 Å². The van der Waals surface area contributed by atoms with Crippen LogP contribution in [0.4, 0.5) is 5.69 Å². The van der Waals surface area contributed by atoms with Gasteiger partial charge in [-0.3, -0.25) is 19.3 Å². The number of benzene rings is 1. The van der Waals surface area contributed by atoms with E-state index in [-0.39, 0.29) is 30.2 Å². The minimum atomic E-state index is -0.256. The van der Waals surface area contributed by atoms with Crippen LogP contribution in [0.2, 0.25) is 0 Å². The van der Waals surface area contributed by atoms with E-state index in [1.807, 2.05) is 49.0 Å². The molecule has 0 bridgehead atoms. The van der Waals surface area contributed by atoms with E-state index in [9.17, 15) is 14.4 Å². The van der Waals surface area contributed by atoms with Crippen LogP contribution in [0.1, 0.15) is 49.1 Å². The van der Waals surface area contributed by atoms with Crippen molar-refractivity contribution in [1.29, 1.82) is 0 Å². The molecule has 3 amide bonds. The Hall–Kier alpha value is -3.04. The van der Waals surface area contributed by atoms with Crippen molar-refractivity contribution < 1.29 is 14.4 Å². The van der Waals surface area contributed by atoms with Gasteiger partial charge >= 0.3 is 0 Å². The first-order chi connectivity index (χ1) is 16.4. The normalized spacial score (nSPS) is 17.9. The molecule has 5 rings (SSSR count). The van der Waals surface area contributed by atoms with Gasteiger partial charge in [0.05, 0.1) is 35.8 Å². The van der Waals surface area contributed by atoms with E-state index in [0.29, 0.717) is 24.2 Å². The molecule has 1 unspecified atom stereocenters. The molecule has 1 aromatic carbocycles. The highest BCUT2D eigenvalue weighted by Gasteiger charge is 2.39. The summed E-state index contributed by atoms with van der Waals surface area (Å²) in [7, 11) is 1.82. The Morgan fingerprint density at radius 1 is 1.18 bits per heavy atom. The summed E-state index contributed by atoms with van der Waals surface area (Å²) in [5.74, 6) is -0.580. The fourth-order valence-electron chi connectivity index (χ4n) is 4.75. The third-order valence-electron chi connectivity index (χ3n) is 6.40. The summed E-state index contributed by atoms with van der Waals surface area (Å²) < 4.78 is 0. The lowest BCUT2D eigenvalue weighted by Gasteiger charge is -2.36. The van der Waals surface area contributed by atoms with E-state index < -0.39 is 0 Å². The number of rotatable bonds is 6. The van der Waals surface area contributed by atoms with Gasteiger partial charge in [-0.1, -0.05) is 12.1 Å². The summed E-state index contributed by atoms with van der Waals surface area (Å²) in [6, 6.07) is 9.30. The Kier molecular flexibility index (Phi) is 6.22. The SMILES string of the molecule is Cc1csc(CN(C)C(=O)C2CCCN(c3cccc4c3C(=O)N(Cc3cccs3)C4=O)C2)n1. The zero-order valence-corrected chi connectivity index (χ0v) is 20.8. The second kappa shape index (κ2) is 9.31. The first kappa shape index (κ1) is 22.7. The van der Waals surface area contributed by atoms with Crippen molar-refractivity contribution in [1.82, 2.24) is 14.8 Å². The summed E-state index contributed by atoms with van der Waals surface area (Å²) >= 11 is 3.10. The molecule has 1 atom stereocenters. The van der Waals surface area contributed by atoms with E-state index in [2.05, 4.69) is 9.88 Å². The molecule has 0 aliphatic carbocycles. The molecule has 1 fully saturated rings. The van der Waals surface area contributed by atoms with Gasteiger partial charge in [0.2, 0.25) is 5.91 Å². The van der Waals surface area contributed by atoms with Crippen LogP contribution in [0.15, 0.2) is 41.1 Å². The Morgan fingerprint density at radius 3 is 2.76 bits per heavy atom. The zero-order valence-electron chi connectivity index (χ0n) is 19.2. The second-order valence-electron chi connectivity index (χ2n) is 8.84. The molecule has 1 saturated heterocycles. The molecule has 0 spiro atoms. The molecule has 176 valence electrons. The lowest BCUT2D eigenvalue weighted by atomic mass is 9.95. The third kappa shape index (κ3) is 4.25. The molecule has 4 heterocycles. The predicted molar refractivity (Wildman–Crippen MR) is 133 cm³/mol. The molecule has 2 aliphatic heterocycles. The lowest BCUT2D eigenvalue weighted by molar-refractivity contribution is -0.135. The highest BCUT2D eigenvalue weighted by atomic mass is 32.1. The molecule has 7 nitrogen and oxygen atoms in total. The number of fused-ring (bicyclic) bond motifs is 1. The van der Waals surface area contributed by atoms with Gasteiger partial charge in [-0.15, -0.1) is 22.7 Å². The topological polar surface area (TPSA) is 73.8 Å². The van der Waals surface area contributed by atoms with Gasteiger partial charge in [-0.2, -0.15) is 0 Å². The van der Waals surface area contributed by atoms with Gasteiger partial charge in [-0.25, -0.2) is 4.98 Å². The monoisotopic (exact) mass is 494 g/mol. The number of nitrogens with zero attached hydrogens (tertiary/aromatic N) is 4. The van der Waals surface area contributed by atoms with Gasteiger partial charge in [0.25, 0.3) is 11.8 Å². The Morgan fingerprint density at radius 2 is 2.03 bits per heavy atom. The first-order valence-electron chi connectivity index (χ1n) is 11.3. The average Bonchev–Trinajstić information content (AvgIpc) is 3.56. The van der Waals surface area contributed by atoms with Gasteiger partial charge in [0.15, 0.2) is 0 Å². The number of aromatic nitrogens is 1. The van der Waals surface area contributed by atoms with Crippen molar-refractivity contribution >= 4 is 46.1 Å². The van der Waals surface area contributed by atoms with E-state index in [4.69, 9.17) is 0 Å². The number of hydrogen-bond donors (Lipinski definition) is 0. The van der Waals surface area contributed by atoms with Crippen molar-refractivity contribution in [2.24, 2.45) is 5.92 Å². The van der Waals surface area contributed by atoms with Gasteiger partial charge < -0.3 is 9.80 Å². The minimum Gasteiger partial charge on any atom is -0.370 e. The molecule has 3 aromatic rings. The Labute approximate surface area is 206 Å². The standard InChI is InChI=1S/C25H26N4O3S2/c1-16-15-34-21(26-16)14-27(2)23(30)17-6-4-10-28(12-17)20-9-3-8-19-22(20)25(32)29(24(19)31)13-18-7-5-11-33-18/h3,5,7-9,11,15,17H,4,6,10,12-14H2,1-2H3. The Balaban J connectivity index is 1.34. The molecular formula is C25H26N4O3S2. The number of aryl methyl sites for hydroxylation is 1. The maximum atomic E-state index is 13.3. The molecule has 0 radical (unpaired) electrons. The number of imide groups is 1. The number of thiophene rings is 1. The smallest absolute Gasteiger partial charge is 0.264 e. The van der Waals surface area contributed by atoms with Crippen LogP contribution in [-0.2, 0) is 17.9 Å². The highest BCUT2D eigenvalue weighted by molar-refractivity contribution is 7.10. The molecule has 2 aliphatic rings. The summed E-state index contributed by atoms with van der Waals surface area (Å²) in [5, 5.41) is 4.86. The van der Waals surface area contributed by atoms with E-state index in [1.54, 1.807) is 22.3 Å². The first-order valence-corrected chi connectivity index (χ1v) is 13.1. The second-order valence-corrected chi connectivity index (χ2v) is 10.8. The maximum absolute atomic E-state index is 13.3. The number of thiazole rings is 1. The number of amides is 3. The van der Waals surface area contributed by atoms with Crippen LogP contribution in [0.5, 0.6) is 0 Å². The van der Waals surface area contributed by atoms with Crippen LogP contribution >= 0.6 is 22.7 Å². The zero-order chi connectivity index (χ0) is 23.8. The van der Waals surface area contributed by atoms with Crippen LogP contribution in [0, 0.1) is 12.8 Å². The molecule has 34 heavy (non-hydrogen) atoms. The third-order valence-corrected chi connectivity index (χ3v) is 8.21. The maximum Gasteiger partial charge on any atom is 0.264 e. The molecular weight excluding hydrogens is 468 g/mol. The average molecular weight is 495 g/mol. The minimum absolute atomic E-state index is 0.0897. The largest absolute Gasteiger partial charge is 0.370 e. The summed E-state index contributed by atoms with van der Waals surface area (Å²) in [6.45, 7) is 4.02. The van der Waals surface area contributed by atoms with Crippen molar-refractivity contribution in [3.05, 3.63) is 67.8 Å². The predicted octanol–water partition coefficient (Wildman–Crippen LogP) is 4.18. The number of piperidine rings is 1. The van der Waals surface area contributed by atoms with E-state index in [1.165, 1.54) is 16.2 Å². The number of hydrogen-bond acceptors (Lipinski definition) is 7. The van der Waals surface area contributed by atoms with Gasteiger partial charge in [0, 0.05) is 36.1 Å². The fourth-order valence-corrected chi connectivity index (χ4v) is 6.26. The van der Waals surface area contributed by atoms with Crippen molar-refractivity contribution in [3.63, 3.8) is 0 Å². The quantitative estimate of drug-likeness (QED) is 0.481. The molecule has 2 aromatic heterocycles. The number of anilines is 1. The number of carbonyl (C=O) groups is 3. The Bertz CT molecular complexity index is 1240. The lowest BCUT2D eigenvalue weighted by Crippen LogP contribution is -2.44. The van der Waals surface area contributed by atoms with Crippen LogP contribution in [0.3, 0.4) is 0 Å². The fraction of sp³-hybridized carbons (Fsp3) is 0.360. The van der Waals surface area contributed by atoms with Crippen LogP contribution in [0.25, 0.3) is 0 Å². The van der Waals surface area contributed by atoms with Gasteiger partial charge in [-0.05, 0) is 43.3 Å². The van der Waals surface area contributed by atoms with Crippen molar-refractivity contribution in [3.8, 4) is 0 Å². The summed E-state index contributed by atoms with van der Waals surface area (Å²) in [6.07, 6.45) is 1.66. The molecule has 0 saturated carbocycles. The van der Waals surface area contributed by atoms with Gasteiger partial charge in [0.1, 0.15) is 5.01 Å². The summed E-state index contributed by atoms with van der Waals surface area (Å²) in [5.41, 5.74) is 2.63. The highest BCUT2D eigenvalue weighted by Crippen LogP contribution is 2.35. The van der Waals surface area contributed by atoms with Crippen LogP contribution in [-0.4, -0.2) is 52.6 Å². The molecule has 0 N–H and O–H groups in total. The van der Waals surface area contributed by atoms with E-state index >= 15 is 0 Å².